The molecule has 0 aliphatic carbocycles. The average molecular weight is 434 g/mol. The van der Waals surface area contributed by atoms with Gasteiger partial charge in [0.25, 0.3) is 0 Å². The van der Waals surface area contributed by atoms with Gasteiger partial charge in [-0.2, -0.15) is 0 Å². The molecule has 0 aromatic carbocycles. The summed E-state index contributed by atoms with van der Waals surface area (Å²) in [6.07, 6.45) is 4.22. The van der Waals surface area contributed by atoms with Gasteiger partial charge in [0.05, 0.1) is 31.4 Å². The minimum absolute atomic E-state index is 0.188. The van der Waals surface area contributed by atoms with E-state index in [1.54, 1.807) is 13.8 Å². The van der Waals surface area contributed by atoms with E-state index in [1.807, 2.05) is 13.8 Å². The Kier molecular flexibility index (Phi) is 8.35. The Bertz CT molecular complexity index is 871. The Morgan fingerprint density at radius 3 is 1.97 bits per heavy atom. The number of hydrogen-bond donors (Lipinski definition) is 1. The first-order valence-electron chi connectivity index (χ1n) is 10.4. The van der Waals surface area contributed by atoms with Crippen molar-refractivity contribution in [2.24, 2.45) is 7.05 Å². The molecule has 10 heteroatoms. The lowest BCUT2D eigenvalue weighted by Gasteiger charge is -2.28. The van der Waals surface area contributed by atoms with E-state index in [0.29, 0.717) is 24.2 Å². The van der Waals surface area contributed by atoms with Crippen LogP contribution in [0.25, 0.3) is 0 Å². The van der Waals surface area contributed by atoms with Crippen molar-refractivity contribution in [3.8, 4) is 0 Å². The van der Waals surface area contributed by atoms with Gasteiger partial charge < -0.3 is 24.9 Å². The smallest absolute Gasteiger partial charge is 0.342 e. The van der Waals surface area contributed by atoms with E-state index in [1.165, 1.54) is 11.6 Å². The highest BCUT2D eigenvalue weighted by Crippen LogP contribution is 2.39. The molecule has 170 valence electrons. The molecule has 0 saturated carbocycles. The zero-order valence-corrected chi connectivity index (χ0v) is 18.7. The summed E-state index contributed by atoms with van der Waals surface area (Å²) in [4.78, 5) is 41.0. The van der Waals surface area contributed by atoms with Gasteiger partial charge in [-0.3, -0.25) is 0 Å². The van der Waals surface area contributed by atoms with Gasteiger partial charge in [0.2, 0.25) is 5.82 Å². The van der Waals surface area contributed by atoms with Crippen LogP contribution in [-0.2, 0) is 26.1 Å². The fraction of sp³-hybridized carbons (Fsp3) is 0.571. The van der Waals surface area contributed by atoms with E-state index in [4.69, 9.17) is 9.47 Å². The van der Waals surface area contributed by atoms with Crippen molar-refractivity contribution in [1.29, 1.82) is 0 Å². The third kappa shape index (κ3) is 5.31. The van der Waals surface area contributed by atoms with E-state index >= 15 is 0 Å². The average Bonchev–Trinajstić information content (AvgIpc) is 3.08. The number of nitrogens with one attached hydrogen (secondary N) is 1. The second-order valence-corrected chi connectivity index (χ2v) is 7.41. The number of hydrogen-bond acceptors (Lipinski definition) is 8. The summed E-state index contributed by atoms with van der Waals surface area (Å²) < 4.78 is 12.1. The molecular weight excluding hydrogens is 404 g/mol. The summed E-state index contributed by atoms with van der Waals surface area (Å²) in [6.45, 7) is 7.82. The first-order valence-corrected chi connectivity index (χ1v) is 10.4. The van der Waals surface area contributed by atoms with Gasteiger partial charge >= 0.3 is 17.8 Å². The molecule has 1 N–H and O–H groups in total. The van der Waals surface area contributed by atoms with Crippen molar-refractivity contribution < 1.29 is 24.0 Å². The fourth-order valence-electron chi connectivity index (χ4n) is 3.42. The topological polar surface area (TPSA) is 126 Å². The molecule has 0 bridgehead atoms. The number of nitrogens with zero attached hydrogens (tertiary/aromatic N) is 3. The zero-order chi connectivity index (χ0) is 23.1. The zero-order valence-electron chi connectivity index (χ0n) is 18.7. The number of ether oxygens (including phenoxy) is 2. The maximum atomic E-state index is 13.0. The quantitative estimate of drug-likeness (QED) is 0.257. The fourth-order valence-corrected chi connectivity index (χ4v) is 3.42. The molecule has 1 aliphatic heterocycles. The first-order chi connectivity index (χ1) is 14.7. The molecule has 0 radical (unpaired) electrons. The van der Waals surface area contributed by atoms with E-state index in [0.717, 1.165) is 19.0 Å². The van der Waals surface area contributed by atoms with Crippen LogP contribution in [0.2, 0.25) is 0 Å². The van der Waals surface area contributed by atoms with E-state index < -0.39 is 22.8 Å². The second-order valence-electron chi connectivity index (χ2n) is 7.41. The Balaban J connectivity index is 2.56. The number of rotatable bonds is 10. The van der Waals surface area contributed by atoms with Crippen molar-refractivity contribution in [3.63, 3.8) is 0 Å². The van der Waals surface area contributed by atoms with E-state index in [2.05, 4.69) is 10.3 Å². The third-order valence-corrected chi connectivity index (χ3v) is 5.11. The molecule has 1 aliphatic rings. The number of imidazole rings is 1. The number of nitro groups is 1. The number of allylic oxidation sites excluding steroid dienone is 2. The molecule has 0 atom stereocenters. The van der Waals surface area contributed by atoms with Crippen LogP contribution in [0.4, 0.5) is 5.82 Å². The molecule has 0 unspecified atom stereocenters. The highest BCUT2D eigenvalue weighted by Gasteiger charge is 2.42. The molecule has 0 fully saturated rings. The maximum absolute atomic E-state index is 13.0. The number of esters is 2. The molecule has 0 saturated heterocycles. The Hall–Kier alpha value is -3.17. The number of dihydropyridines is 1. The van der Waals surface area contributed by atoms with Crippen LogP contribution in [0.15, 0.2) is 28.7 Å². The highest BCUT2D eigenvalue weighted by atomic mass is 16.6. The van der Waals surface area contributed by atoms with Crippen LogP contribution in [0.1, 0.15) is 65.1 Å². The number of aromatic nitrogens is 2. The molecule has 10 nitrogen and oxygen atoms in total. The molecule has 31 heavy (non-hydrogen) atoms. The molecule has 2 rings (SSSR count). The molecular formula is C21H30N4O6. The lowest BCUT2D eigenvalue weighted by atomic mass is 9.84. The number of carbonyl (C=O) groups excluding carboxylic acids is 2. The lowest BCUT2D eigenvalue weighted by molar-refractivity contribution is -0.391. The van der Waals surface area contributed by atoms with E-state index in [-0.39, 0.29) is 36.0 Å². The van der Waals surface area contributed by atoms with Crippen molar-refractivity contribution in [1.82, 2.24) is 14.9 Å². The summed E-state index contributed by atoms with van der Waals surface area (Å²) in [5, 5.41) is 14.4. The van der Waals surface area contributed by atoms with Gasteiger partial charge in [-0.15, -0.1) is 0 Å². The number of unbranched alkanes of at least 4 members (excludes halogenated alkanes) is 2. The second kappa shape index (κ2) is 10.7. The molecule has 2 heterocycles. The van der Waals surface area contributed by atoms with Crippen molar-refractivity contribution in [2.75, 3.05) is 13.2 Å². The van der Waals surface area contributed by atoms with Gasteiger partial charge in [0.1, 0.15) is 12.1 Å². The summed E-state index contributed by atoms with van der Waals surface area (Å²) in [5.41, 5.74) is 1.38. The van der Waals surface area contributed by atoms with Crippen LogP contribution >= 0.6 is 0 Å². The third-order valence-electron chi connectivity index (χ3n) is 5.11. The Labute approximate surface area is 181 Å². The van der Waals surface area contributed by atoms with Gasteiger partial charge in [-0.1, -0.05) is 26.7 Å². The van der Waals surface area contributed by atoms with Crippen LogP contribution in [0.3, 0.4) is 0 Å². The first kappa shape index (κ1) is 24.1. The van der Waals surface area contributed by atoms with Gasteiger partial charge in [0, 0.05) is 11.4 Å². The van der Waals surface area contributed by atoms with Crippen molar-refractivity contribution in [2.45, 2.75) is 59.3 Å². The van der Waals surface area contributed by atoms with Gasteiger partial charge in [-0.25, -0.2) is 19.1 Å². The number of carbonyl (C=O) groups is 2. The summed E-state index contributed by atoms with van der Waals surface area (Å²) in [7, 11) is 1.48. The normalized spacial score (nSPS) is 14.5. The predicted molar refractivity (Wildman–Crippen MR) is 113 cm³/mol. The standard InChI is InChI=1S/C21H30N4O6/c1-6-8-10-30-20(26)16-13(3)23-14(4)17(21(27)31-11-9-7-2)18(16)19-22-12-15(24(19)5)25(28)29/h12,18,23H,6-11H2,1-5H3. The van der Waals surface area contributed by atoms with Crippen molar-refractivity contribution >= 4 is 17.8 Å². The predicted octanol–water partition coefficient (Wildman–Crippen LogP) is 3.25. The van der Waals surface area contributed by atoms with Crippen LogP contribution < -0.4 is 5.32 Å². The van der Waals surface area contributed by atoms with Crippen LogP contribution in [-0.4, -0.2) is 39.6 Å². The molecule has 1 aromatic heterocycles. The molecule has 1 aromatic rings. The summed E-state index contributed by atoms with van der Waals surface area (Å²) >= 11 is 0. The minimum atomic E-state index is -0.955. The van der Waals surface area contributed by atoms with E-state index in [9.17, 15) is 19.7 Å². The minimum Gasteiger partial charge on any atom is -0.462 e. The Morgan fingerprint density at radius 1 is 1.10 bits per heavy atom. The summed E-state index contributed by atoms with van der Waals surface area (Å²) in [5.74, 6) is -2.21. The van der Waals surface area contributed by atoms with Gasteiger partial charge in [-0.05, 0) is 31.6 Å². The lowest BCUT2D eigenvalue weighted by Crippen LogP contribution is -2.34. The highest BCUT2D eigenvalue weighted by molar-refractivity contribution is 5.99. The molecule has 0 amide bonds. The Morgan fingerprint density at radius 2 is 1.58 bits per heavy atom. The summed E-state index contributed by atoms with van der Waals surface area (Å²) in [6, 6.07) is 0. The van der Waals surface area contributed by atoms with Crippen LogP contribution in [0.5, 0.6) is 0 Å². The monoisotopic (exact) mass is 434 g/mol. The molecule has 0 spiro atoms. The van der Waals surface area contributed by atoms with Crippen molar-refractivity contribution in [3.05, 3.63) is 44.7 Å². The maximum Gasteiger partial charge on any atom is 0.342 e. The van der Waals surface area contributed by atoms with Gasteiger partial charge in [0.15, 0.2) is 0 Å². The largest absolute Gasteiger partial charge is 0.462 e. The van der Waals surface area contributed by atoms with Crippen LogP contribution in [0, 0.1) is 10.1 Å². The SMILES string of the molecule is CCCCOC(=O)C1=C(C)NC(C)=C(C(=O)OCCCC)C1c1ncc([N+](=O)[O-])n1C.